The Morgan fingerprint density at radius 2 is 2.04 bits per heavy atom. The molecule has 7 heteroatoms. The van der Waals surface area contributed by atoms with E-state index in [0.29, 0.717) is 27.8 Å². The number of hydrogen-bond donors (Lipinski definition) is 2. The van der Waals surface area contributed by atoms with Crippen molar-refractivity contribution in [2.45, 2.75) is 19.9 Å². The van der Waals surface area contributed by atoms with E-state index in [9.17, 15) is 4.79 Å². The van der Waals surface area contributed by atoms with Crippen LogP contribution in [-0.2, 0) is 4.79 Å². The maximum atomic E-state index is 10.9. The summed E-state index contributed by atoms with van der Waals surface area (Å²) in [5, 5.41) is 13.5. The molecule has 1 heterocycles. The van der Waals surface area contributed by atoms with E-state index in [-0.39, 0.29) is 6.04 Å². The van der Waals surface area contributed by atoms with E-state index in [1.165, 1.54) is 0 Å². The van der Waals surface area contributed by atoms with E-state index in [2.05, 4.69) is 15.3 Å². The van der Waals surface area contributed by atoms with Gasteiger partial charge in [-0.05, 0) is 26.0 Å². The van der Waals surface area contributed by atoms with E-state index >= 15 is 0 Å². The van der Waals surface area contributed by atoms with Gasteiger partial charge in [0, 0.05) is 39.8 Å². The van der Waals surface area contributed by atoms with Crippen LogP contribution in [0.5, 0.6) is 5.75 Å². The summed E-state index contributed by atoms with van der Waals surface area (Å²) in [6.45, 7) is 3.54. The average Bonchev–Trinajstić information content (AvgIpc) is 2.59. The third-order valence-electron chi connectivity index (χ3n) is 3.61. The minimum absolute atomic E-state index is 0.192. The highest BCUT2D eigenvalue weighted by molar-refractivity contribution is 6.33. The van der Waals surface area contributed by atoms with Gasteiger partial charge in [-0.25, -0.2) is 14.8 Å². The van der Waals surface area contributed by atoms with Gasteiger partial charge in [0.05, 0.1) is 5.52 Å². The maximum Gasteiger partial charge on any atom is 0.341 e. The van der Waals surface area contributed by atoms with Gasteiger partial charge in [-0.2, -0.15) is 0 Å². The summed E-state index contributed by atoms with van der Waals surface area (Å²) in [4.78, 5) is 19.7. The Hall–Kier alpha value is -2.86. The number of aromatic nitrogens is 2. The van der Waals surface area contributed by atoms with Gasteiger partial charge in [-0.3, -0.25) is 0 Å². The van der Waals surface area contributed by atoms with Crippen LogP contribution >= 0.6 is 11.6 Å². The second kappa shape index (κ2) is 7.58. The number of carbonyl (C=O) groups is 1. The maximum absolute atomic E-state index is 10.9. The first kappa shape index (κ1) is 17.9. The predicted octanol–water partition coefficient (Wildman–Crippen LogP) is 4.23. The fourth-order valence-electron chi connectivity index (χ4n) is 2.54. The summed E-state index contributed by atoms with van der Waals surface area (Å²) in [7, 11) is 0. The Morgan fingerprint density at radius 1 is 1.27 bits per heavy atom. The van der Waals surface area contributed by atoms with Crippen LogP contribution in [0.1, 0.15) is 13.8 Å². The summed E-state index contributed by atoms with van der Waals surface area (Å²) in [5.74, 6) is -0.149. The largest absolute Gasteiger partial charge is 0.481 e. The number of aliphatic carboxylic acids is 1. The Bertz CT molecular complexity index is 960. The second-order valence-electron chi connectivity index (χ2n) is 6.06. The third kappa shape index (κ3) is 4.03. The van der Waals surface area contributed by atoms with Gasteiger partial charge in [0.25, 0.3) is 0 Å². The number of benzene rings is 2. The van der Waals surface area contributed by atoms with Crippen molar-refractivity contribution in [3.8, 4) is 16.9 Å². The van der Waals surface area contributed by atoms with Gasteiger partial charge in [-0.15, -0.1) is 0 Å². The predicted molar refractivity (Wildman–Crippen MR) is 102 cm³/mol. The summed E-state index contributed by atoms with van der Waals surface area (Å²) >= 11 is 6.31. The van der Waals surface area contributed by atoms with Crippen LogP contribution in [0.3, 0.4) is 0 Å². The van der Waals surface area contributed by atoms with E-state index < -0.39 is 12.6 Å². The minimum Gasteiger partial charge on any atom is -0.481 e. The zero-order valence-electron chi connectivity index (χ0n) is 14.4. The topological polar surface area (TPSA) is 84.3 Å². The number of nitrogens with zero attached hydrogens (tertiary/aromatic N) is 2. The van der Waals surface area contributed by atoms with Gasteiger partial charge in [-0.1, -0.05) is 29.8 Å². The van der Waals surface area contributed by atoms with Gasteiger partial charge in [0.1, 0.15) is 5.75 Å². The Kier molecular flexibility index (Phi) is 5.23. The molecule has 0 aliphatic carbocycles. The molecule has 0 unspecified atom stereocenters. The number of halogens is 1. The van der Waals surface area contributed by atoms with Crippen molar-refractivity contribution in [3.05, 3.63) is 47.6 Å². The second-order valence-corrected chi connectivity index (χ2v) is 6.47. The molecular weight excluding hydrogens is 354 g/mol. The molecule has 134 valence electrons. The molecular formula is C19H18ClN3O3. The fourth-order valence-corrected chi connectivity index (χ4v) is 2.77. The highest BCUT2D eigenvalue weighted by Gasteiger charge is 2.14. The quantitative estimate of drug-likeness (QED) is 0.674. The molecule has 0 saturated carbocycles. The molecule has 0 aliphatic rings. The standard InChI is InChI=1S/C19H18ClN3O3/c1-11(2)22-19-21-9-12-7-14(13-5-3-4-6-15(13)20)17(8-16(12)23-19)26-10-18(24)25/h3-9,11H,10H2,1-2H3,(H,24,25)(H,21,22,23). The van der Waals surface area contributed by atoms with Gasteiger partial charge < -0.3 is 15.2 Å². The highest BCUT2D eigenvalue weighted by Crippen LogP contribution is 2.37. The van der Waals surface area contributed by atoms with Gasteiger partial charge >= 0.3 is 5.97 Å². The Labute approximate surface area is 155 Å². The molecule has 0 bridgehead atoms. The summed E-state index contributed by atoms with van der Waals surface area (Å²) in [5.41, 5.74) is 2.10. The molecule has 0 aliphatic heterocycles. The number of anilines is 1. The fraction of sp³-hybridized carbons (Fsp3) is 0.211. The van der Waals surface area contributed by atoms with Crippen molar-refractivity contribution in [1.29, 1.82) is 0 Å². The monoisotopic (exact) mass is 371 g/mol. The summed E-state index contributed by atoms with van der Waals surface area (Å²) in [6.07, 6.45) is 1.72. The Balaban J connectivity index is 2.13. The van der Waals surface area contributed by atoms with Crippen molar-refractivity contribution in [1.82, 2.24) is 9.97 Å². The zero-order valence-corrected chi connectivity index (χ0v) is 15.1. The van der Waals surface area contributed by atoms with Crippen LogP contribution in [0.4, 0.5) is 5.95 Å². The lowest BCUT2D eigenvalue weighted by atomic mass is 10.0. The van der Waals surface area contributed by atoms with E-state index in [0.717, 1.165) is 10.9 Å². The molecule has 2 aromatic carbocycles. The van der Waals surface area contributed by atoms with Crippen LogP contribution < -0.4 is 10.1 Å². The van der Waals surface area contributed by atoms with E-state index in [1.54, 1.807) is 18.3 Å². The molecule has 3 rings (SSSR count). The number of hydrogen-bond acceptors (Lipinski definition) is 5. The minimum atomic E-state index is -1.06. The summed E-state index contributed by atoms with van der Waals surface area (Å²) < 4.78 is 5.50. The van der Waals surface area contributed by atoms with Crippen LogP contribution in [0.25, 0.3) is 22.0 Å². The van der Waals surface area contributed by atoms with E-state index in [4.69, 9.17) is 21.4 Å². The average molecular weight is 372 g/mol. The first-order chi connectivity index (χ1) is 12.4. The van der Waals surface area contributed by atoms with Gasteiger partial charge in [0.15, 0.2) is 6.61 Å². The molecule has 0 radical (unpaired) electrons. The molecule has 3 aromatic rings. The number of nitrogens with one attached hydrogen (secondary N) is 1. The normalized spacial score (nSPS) is 10.9. The zero-order chi connectivity index (χ0) is 18.7. The van der Waals surface area contributed by atoms with Crippen molar-refractivity contribution >= 4 is 34.4 Å². The Morgan fingerprint density at radius 3 is 2.73 bits per heavy atom. The van der Waals surface area contributed by atoms with Crippen LogP contribution in [-0.4, -0.2) is 33.7 Å². The lowest BCUT2D eigenvalue weighted by Gasteiger charge is -2.14. The number of fused-ring (bicyclic) bond motifs is 1. The van der Waals surface area contributed by atoms with Crippen molar-refractivity contribution in [3.63, 3.8) is 0 Å². The third-order valence-corrected chi connectivity index (χ3v) is 3.94. The molecule has 0 spiro atoms. The van der Waals surface area contributed by atoms with Gasteiger partial charge in [0.2, 0.25) is 5.95 Å². The number of carboxylic acid groups (broad SMARTS) is 1. The molecule has 2 N–H and O–H groups in total. The van der Waals surface area contributed by atoms with Crippen molar-refractivity contribution in [2.75, 3.05) is 11.9 Å². The SMILES string of the molecule is CC(C)Nc1ncc2cc(-c3ccccc3Cl)c(OCC(=O)O)cc2n1. The molecule has 6 nitrogen and oxygen atoms in total. The smallest absolute Gasteiger partial charge is 0.341 e. The number of carboxylic acids is 1. The first-order valence-electron chi connectivity index (χ1n) is 8.11. The molecule has 0 amide bonds. The number of ether oxygens (including phenoxy) is 1. The lowest BCUT2D eigenvalue weighted by molar-refractivity contribution is -0.139. The van der Waals surface area contributed by atoms with Crippen LogP contribution in [0, 0.1) is 0 Å². The van der Waals surface area contributed by atoms with Crippen molar-refractivity contribution in [2.24, 2.45) is 0 Å². The molecule has 0 saturated heterocycles. The highest BCUT2D eigenvalue weighted by atomic mass is 35.5. The van der Waals surface area contributed by atoms with Crippen molar-refractivity contribution < 1.29 is 14.6 Å². The number of rotatable bonds is 6. The molecule has 1 aromatic heterocycles. The molecule has 0 atom stereocenters. The lowest BCUT2D eigenvalue weighted by Crippen LogP contribution is -2.12. The molecule has 0 fully saturated rings. The first-order valence-corrected chi connectivity index (χ1v) is 8.48. The van der Waals surface area contributed by atoms with Crippen LogP contribution in [0.15, 0.2) is 42.6 Å². The van der Waals surface area contributed by atoms with Crippen LogP contribution in [0.2, 0.25) is 5.02 Å². The summed E-state index contributed by atoms with van der Waals surface area (Å²) in [6, 6.07) is 11.1. The van der Waals surface area contributed by atoms with E-state index in [1.807, 2.05) is 38.1 Å². The molecule has 26 heavy (non-hydrogen) atoms.